The fourth-order valence-electron chi connectivity index (χ4n) is 2.58. The molecule has 1 atom stereocenters. The molecule has 0 bridgehead atoms. The van der Waals surface area contributed by atoms with Gasteiger partial charge in [0.2, 0.25) is 5.91 Å². The smallest absolute Gasteiger partial charge is 0.308 e. The summed E-state index contributed by atoms with van der Waals surface area (Å²) in [4.78, 5) is 23.4. The molecule has 1 aromatic carbocycles. The van der Waals surface area contributed by atoms with Gasteiger partial charge < -0.3 is 10.4 Å². The number of carboxylic acids is 1. The van der Waals surface area contributed by atoms with Crippen molar-refractivity contribution in [3.05, 3.63) is 35.9 Å². The topological polar surface area (TPSA) is 66.4 Å². The molecular weight excluding hydrogens is 254 g/mol. The molecule has 1 aromatic rings. The number of aliphatic carboxylic acids is 1. The van der Waals surface area contributed by atoms with Gasteiger partial charge in [0.25, 0.3) is 0 Å². The molecule has 0 heterocycles. The first-order valence-electron chi connectivity index (χ1n) is 7.17. The van der Waals surface area contributed by atoms with E-state index < -0.39 is 17.3 Å². The molecule has 1 saturated carbocycles. The van der Waals surface area contributed by atoms with Crippen molar-refractivity contribution in [2.75, 3.05) is 6.54 Å². The van der Waals surface area contributed by atoms with Gasteiger partial charge in [0.15, 0.2) is 0 Å². The highest BCUT2D eigenvalue weighted by Crippen LogP contribution is 2.48. The van der Waals surface area contributed by atoms with Crippen LogP contribution < -0.4 is 5.32 Å². The van der Waals surface area contributed by atoms with Crippen molar-refractivity contribution < 1.29 is 14.7 Å². The number of hydrogen-bond acceptors (Lipinski definition) is 2. The third-order valence-electron chi connectivity index (χ3n) is 4.01. The second-order valence-corrected chi connectivity index (χ2v) is 5.48. The lowest BCUT2D eigenvalue weighted by atomic mass is 9.94. The van der Waals surface area contributed by atoms with Gasteiger partial charge in [-0.15, -0.1) is 0 Å². The predicted molar refractivity (Wildman–Crippen MR) is 76.4 cm³/mol. The molecule has 0 spiro atoms. The second-order valence-electron chi connectivity index (χ2n) is 5.48. The summed E-state index contributed by atoms with van der Waals surface area (Å²) in [6.45, 7) is 2.17. The SMILES string of the molecule is CCCC(CNC(=O)C1(c2ccccc2)CC1)C(=O)O. The molecule has 4 nitrogen and oxygen atoms in total. The summed E-state index contributed by atoms with van der Waals surface area (Å²) in [5, 5.41) is 11.9. The average molecular weight is 275 g/mol. The van der Waals surface area contributed by atoms with Gasteiger partial charge in [-0.1, -0.05) is 43.7 Å². The van der Waals surface area contributed by atoms with E-state index in [1.165, 1.54) is 0 Å². The summed E-state index contributed by atoms with van der Waals surface area (Å²) < 4.78 is 0. The van der Waals surface area contributed by atoms with E-state index >= 15 is 0 Å². The van der Waals surface area contributed by atoms with Crippen LogP contribution in [0.25, 0.3) is 0 Å². The minimum Gasteiger partial charge on any atom is -0.481 e. The van der Waals surface area contributed by atoms with Gasteiger partial charge >= 0.3 is 5.97 Å². The zero-order valence-corrected chi connectivity index (χ0v) is 11.8. The Bertz CT molecular complexity index is 480. The van der Waals surface area contributed by atoms with Crippen LogP contribution in [0.4, 0.5) is 0 Å². The van der Waals surface area contributed by atoms with E-state index in [0.29, 0.717) is 6.42 Å². The van der Waals surface area contributed by atoms with Crippen molar-refractivity contribution in [2.45, 2.75) is 38.0 Å². The number of carbonyl (C=O) groups is 2. The van der Waals surface area contributed by atoms with Crippen LogP contribution in [0.3, 0.4) is 0 Å². The van der Waals surface area contributed by atoms with Crippen LogP contribution in [0, 0.1) is 5.92 Å². The Kier molecular flexibility index (Phi) is 4.42. The lowest BCUT2D eigenvalue weighted by Crippen LogP contribution is -2.39. The number of carbonyl (C=O) groups excluding carboxylic acids is 1. The molecule has 0 radical (unpaired) electrons. The van der Waals surface area contributed by atoms with Gasteiger partial charge in [-0.2, -0.15) is 0 Å². The van der Waals surface area contributed by atoms with Crippen LogP contribution in [-0.2, 0) is 15.0 Å². The van der Waals surface area contributed by atoms with E-state index in [4.69, 9.17) is 5.11 Å². The van der Waals surface area contributed by atoms with Gasteiger partial charge in [-0.3, -0.25) is 9.59 Å². The molecule has 0 aromatic heterocycles. The maximum Gasteiger partial charge on any atom is 0.308 e. The lowest BCUT2D eigenvalue weighted by molar-refractivity contribution is -0.142. The first-order chi connectivity index (χ1) is 9.60. The van der Waals surface area contributed by atoms with Crippen molar-refractivity contribution >= 4 is 11.9 Å². The largest absolute Gasteiger partial charge is 0.481 e. The highest BCUT2D eigenvalue weighted by atomic mass is 16.4. The molecule has 4 heteroatoms. The molecule has 2 N–H and O–H groups in total. The first-order valence-corrected chi connectivity index (χ1v) is 7.17. The van der Waals surface area contributed by atoms with Gasteiger partial charge in [0.1, 0.15) is 0 Å². The molecule has 108 valence electrons. The van der Waals surface area contributed by atoms with E-state index in [2.05, 4.69) is 5.32 Å². The minimum atomic E-state index is -0.836. The fourth-order valence-corrected chi connectivity index (χ4v) is 2.58. The van der Waals surface area contributed by atoms with Gasteiger partial charge in [0, 0.05) is 6.54 Å². The van der Waals surface area contributed by atoms with Crippen molar-refractivity contribution in [3.63, 3.8) is 0 Å². The Morgan fingerprint density at radius 3 is 2.45 bits per heavy atom. The molecule has 1 fully saturated rings. The standard InChI is InChI=1S/C16H21NO3/c1-2-6-12(14(18)19)11-17-15(20)16(9-10-16)13-7-4-3-5-8-13/h3-5,7-8,12H,2,6,9-11H2,1H3,(H,17,20)(H,18,19). The van der Waals surface area contributed by atoms with Crippen LogP contribution in [0.15, 0.2) is 30.3 Å². The van der Waals surface area contributed by atoms with Crippen LogP contribution >= 0.6 is 0 Å². The lowest BCUT2D eigenvalue weighted by Gasteiger charge is -2.18. The molecule has 0 aliphatic heterocycles. The monoisotopic (exact) mass is 275 g/mol. The molecule has 20 heavy (non-hydrogen) atoms. The number of rotatable bonds is 7. The Morgan fingerprint density at radius 1 is 1.30 bits per heavy atom. The van der Waals surface area contributed by atoms with Gasteiger partial charge in [-0.25, -0.2) is 0 Å². The summed E-state index contributed by atoms with van der Waals surface area (Å²) >= 11 is 0. The van der Waals surface area contributed by atoms with E-state index in [9.17, 15) is 9.59 Å². The van der Waals surface area contributed by atoms with Crippen LogP contribution in [-0.4, -0.2) is 23.5 Å². The zero-order chi connectivity index (χ0) is 14.6. The maximum atomic E-state index is 12.4. The Labute approximate surface area is 119 Å². The fraction of sp³-hybridized carbons (Fsp3) is 0.500. The van der Waals surface area contributed by atoms with Crippen LogP contribution in [0.5, 0.6) is 0 Å². The van der Waals surface area contributed by atoms with Crippen LogP contribution in [0.1, 0.15) is 38.2 Å². The Morgan fingerprint density at radius 2 is 1.95 bits per heavy atom. The number of hydrogen-bond donors (Lipinski definition) is 2. The molecule has 1 aliphatic rings. The molecular formula is C16H21NO3. The molecule has 1 unspecified atom stereocenters. The summed E-state index contributed by atoms with van der Waals surface area (Å²) in [6, 6.07) is 9.72. The number of nitrogens with one attached hydrogen (secondary N) is 1. The molecule has 2 rings (SSSR count). The van der Waals surface area contributed by atoms with Crippen molar-refractivity contribution in [3.8, 4) is 0 Å². The first kappa shape index (κ1) is 14.6. The predicted octanol–water partition coefficient (Wildman–Crippen LogP) is 2.34. The number of benzene rings is 1. The van der Waals surface area contributed by atoms with E-state index in [-0.39, 0.29) is 12.5 Å². The summed E-state index contributed by atoms with van der Waals surface area (Å²) in [6.07, 6.45) is 3.08. The van der Waals surface area contributed by atoms with Crippen molar-refractivity contribution in [1.82, 2.24) is 5.32 Å². The number of amides is 1. The zero-order valence-electron chi connectivity index (χ0n) is 11.8. The molecule has 1 amide bonds. The number of carboxylic acid groups (broad SMARTS) is 1. The van der Waals surface area contributed by atoms with E-state index in [1.54, 1.807) is 0 Å². The van der Waals surface area contributed by atoms with E-state index in [0.717, 1.165) is 24.8 Å². The summed E-state index contributed by atoms with van der Waals surface area (Å²) in [7, 11) is 0. The highest BCUT2D eigenvalue weighted by molar-refractivity contribution is 5.91. The highest BCUT2D eigenvalue weighted by Gasteiger charge is 2.51. The summed E-state index contributed by atoms with van der Waals surface area (Å²) in [5.41, 5.74) is 0.608. The Balaban J connectivity index is 1.97. The third-order valence-corrected chi connectivity index (χ3v) is 4.01. The maximum absolute atomic E-state index is 12.4. The second kappa shape index (κ2) is 6.07. The van der Waals surface area contributed by atoms with Gasteiger partial charge in [-0.05, 0) is 24.8 Å². The van der Waals surface area contributed by atoms with Gasteiger partial charge in [0.05, 0.1) is 11.3 Å². The average Bonchev–Trinajstić information content (AvgIpc) is 3.25. The molecule has 1 aliphatic carbocycles. The molecule has 0 saturated heterocycles. The minimum absolute atomic E-state index is 0.0361. The van der Waals surface area contributed by atoms with Crippen LogP contribution in [0.2, 0.25) is 0 Å². The van der Waals surface area contributed by atoms with Crippen molar-refractivity contribution in [1.29, 1.82) is 0 Å². The summed E-state index contributed by atoms with van der Waals surface area (Å²) in [5.74, 6) is -1.36. The third kappa shape index (κ3) is 3.00. The quantitative estimate of drug-likeness (QED) is 0.802. The van der Waals surface area contributed by atoms with Crippen molar-refractivity contribution in [2.24, 2.45) is 5.92 Å². The Hall–Kier alpha value is -1.84. The van der Waals surface area contributed by atoms with E-state index in [1.807, 2.05) is 37.3 Å². The normalized spacial score (nSPS) is 17.2.